The zero-order valence-electron chi connectivity index (χ0n) is 10.9. The SMILES string of the molecule is CS(=O)(=O)c1cccc(C(NN)c2ccc(Cl)cc2)c1. The van der Waals surface area contributed by atoms with Crippen LogP contribution in [0.25, 0.3) is 0 Å². The van der Waals surface area contributed by atoms with Crippen LogP contribution in [0.4, 0.5) is 0 Å². The van der Waals surface area contributed by atoms with Crippen molar-refractivity contribution in [2.75, 3.05) is 6.26 Å². The third-order valence-corrected chi connectivity index (χ3v) is 4.35. The Bertz CT molecular complexity index is 699. The van der Waals surface area contributed by atoms with Crippen LogP contribution in [0, 0.1) is 0 Å². The van der Waals surface area contributed by atoms with Crippen molar-refractivity contribution < 1.29 is 8.42 Å². The molecule has 0 saturated carbocycles. The Morgan fingerprint density at radius 1 is 1.10 bits per heavy atom. The number of benzene rings is 2. The molecule has 1 unspecified atom stereocenters. The average molecular weight is 311 g/mol. The van der Waals surface area contributed by atoms with Crippen LogP contribution in [0.3, 0.4) is 0 Å². The van der Waals surface area contributed by atoms with Crippen molar-refractivity contribution in [2.45, 2.75) is 10.9 Å². The fourth-order valence-corrected chi connectivity index (χ4v) is 2.77. The molecule has 2 rings (SSSR count). The molecule has 0 saturated heterocycles. The summed E-state index contributed by atoms with van der Waals surface area (Å²) in [7, 11) is -3.25. The van der Waals surface area contributed by atoms with E-state index in [9.17, 15) is 8.42 Å². The Hall–Kier alpha value is -1.40. The molecule has 0 aliphatic rings. The maximum absolute atomic E-state index is 11.6. The van der Waals surface area contributed by atoms with E-state index in [1.54, 1.807) is 30.3 Å². The van der Waals surface area contributed by atoms with Crippen LogP contribution >= 0.6 is 11.6 Å². The summed E-state index contributed by atoms with van der Waals surface area (Å²) in [4.78, 5) is 0.268. The van der Waals surface area contributed by atoms with Crippen LogP contribution in [-0.2, 0) is 9.84 Å². The Morgan fingerprint density at radius 2 is 1.75 bits per heavy atom. The van der Waals surface area contributed by atoms with Gasteiger partial charge in [-0.1, -0.05) is 35.9 Å². The lowest BCUT2D eigenvalue weighted by Crippen LogP contribution is -2.28. The van der Waals surface area contributed by atoms with Gasteiger partial charge in [0.15, 0.2) is 9.84 Å². The molecule has 0 heterocycles. The van der Waals surface area contributed by atoms with Gasteiger partial charge in [0.2, 0.25) is 0 Å². The summed E-state index contributed by atoms with van der Waals surface area (Å²) in [6.45, 7) is 0. The van der Waals surface area contributed by atoms with E-state index in [1.807, 2.05) is 18.2 Å². The van der Waals surface area contributed by atoms with Gasteiger partial charge in [0.05, 0.1) is 10.9 Å². The Morgan fingerprint density at radius 3 is 2.30 bits per heavy atom. The molecule has 106 valence electrons. The third-order valence-electron chi connectivity index (χ3n) is 2.99. The molecule has 0 aromatic heterocycles. The summed E-state index contributed by atoms with van der Waals surface area (Å²) >= 11 is 5.86. The van der Waals surface area contributed by atoms with Gasteiger partial charge in [-0.05, 0) is 35.4 Å². The molecule has 0 radical (unpaired) electrons. The monoisotopic (exact) mass is 310 g/mol. The normalized spacial score (nSPS) is 13.2. The molecule has 0 amide bonds. The van der Waals surface area contributed by atoms with E-state index in [1.165, 1.54) is 6.26 Å². The predicted molar refractivity (Wildman–Crippen MR) is 80.2 cm³/mol. The van der Waals surface area contributed by atoms with Crippen molar-refractivity contribution in [2.24, 2.45) is 5.84 Å². The van der Waals surface area contributed by atoms with Gasteiger partial charge in [-0.15, -0.1) is 0 Å². The predicted octanol–water partition coefficient (Wildman–Crippen LogP) is 2.30. The highest BCUT2D eigenvalue weighted by Gasteiger charge is 2.15. The lowest BCUT2D eigenvalue weighted by molar-refractivity contribution is 0.600. The molecule has 0 bridgehead atoms. The van der Waals surface area contributed by atoms with Crippen LogP contribution in [-0.4, -0.2) is 14.7 Å². The minimum atomic E-state index is -3.25. The summed E-state index contributed by atoms with van der Waals surface area (Å²) in [5.74, 6) is 5.60. The van der Waals surface area contributed by atoms with Crippen molar-refractivity contribution >= 4 is 21.4 Å². The van der Waals surface area contributed by atoms with Crippen molar-refractivity contribution in [3.63, 3.8) is 0 Å². The summed E-state index contributed by atoms with van der Waals surface area (Å²) in [5, 5.41) is 0.634. The molecule has 2 aromatic rings. The van der Waals surface area contributed by atoms with E-state index in [0.717, 1.165) is 11.1 Å². The molecule has 0 aliphatic heterocycles. The highest BCUT2D eigenvalue weighted by atomic mass is 35.5. The molecule has 1 atom stereocenters. The van der Waals surface area contributed by atoms with E-state index in [0.29, 0.717) is 5.02 Å². The van der Waals surface area contributed by atoms with Crippen LogP contribution in [0.1, 0.15) is 17.2 Å². The molecule has 2 aromatic carbocycles. The Balaban J connectivity index is 2.44. The highest BCUT2D eigenvalue weighted by molar-refractivity contribution is 7.90. The summed E-state index contributed by atoms with van der Waals surface area (Å²) in [6.07, 6.45) is 1.18. The van der Waals surface area contributed by atoms with Crippen LogP contribution in [0.5, 0.6) is 0 Å². The topological polar surface area (TPSA) is 72.2 Å². The second kappa shape index (κ2) is 5.93. The smallest absolute Gasteiger partial charge is 0.175 e. The van der Waals surface area contributed by atoms with Gasteiger partial charge < -0.3 is 0 Å². The molecular weight excluding hydrogens is 296 g/mol. The van der Waals surface area contributed by atoms with Gasteiger partial charge in [0.1, 0.15) is 0 Å². The first-order valence-electron chi connectivity index (χ1n) is 5.93. The lowest BCUT2D eigenvalue weighted by Gasteiger charge is -2.17. The van der Waals surface area contributed by atoms with E-state index >= 15 is 0 Å². The lowest BCUT2D eigenvalue weighted by atomic mass is 9.99. The number of rotatable bonds is 4. The summed E-state index contributed by atoms with van der Waals surface area (Å²) in [5.41, 5.74) is 4.38. The van der Waals surface area contributed by atoms with Crippen LogP contribution in [0.2, 0.25) is 5.02 Å². The van der Waals surface area contributed by atoms with E-state index in [4.69, 9.17) is 17.4 Å². The first-order chi connectivity index (χ1) is 9.41. The van der Waals surface area contributed by atoms with Crippen LogP contribution in [0.15, 0.2) is 53.4 Å². The highest BCUT2D eigenvalue weighted by Crippen LogP contribution is 2.24. The maximum Gasteiger partial charge on any atom is 0.175 e. The fourth-order valence-electron chi connectivity index (χ4n) is 1.96. The quantitative estimate of drug-likeness (QED) is 0.671. The Kier molecular flexibility index (Phi) is 4.45. The van der Waals surface area contributed by atoms with Gasteiger partial charge in [-0.3, -0.25) is 5.84 Å². The van der Waals surface area contributed by atoms with E-state index in [2.05, 4.69) is 5.43 Å². The zero-order valence-corrected chi connectivity index (χ0v) is 12.4. The van der Waals surface area contributed by atoms with Crippen molar-refractivity contribution in [1.29, 1.82) is 0 Å². The number of hydrazine groups is 1. The minimum Gasteiger partial charge on any atom is -0.271 e. The Labute approximate surface area is 123 Å². The molecule has 0 spiro atoms. The third kappa shape index (κ3) is 3.37. The van der Waals surface area contributed by atoms with Gasteiger partial charge in [-0.25, -0.2) is 13.8 Å². The number of hydrogen-bond acceptors (Lipinski definition) is 4. The molecule has 4 nitrogen and oxygen atoms in total. The fraction of sp³-hybridized carbons (Fsp3) is 0.143. The maximum atomic E-state index is 11.6. The number of halogens is 1. The van der Waals surface area contributed by atoms with Gasteiger partial charge in [0.25, 0.3) is 0 Å². The first kappa shape index (κ1) is 15.0. The molecule has 0 fully saturated rings. The minimum absolute atomic E-state index is 0.268. The largest absolute Gasteiger partial charge is 0.271 e. The number of sulfone groups is 1. The standard InChI is InChI=1S/C14H15ClN2O2S/c1-20(18,19)13-4-2-3-11(9-13)14(17-16)10-5-7-12(15)8-6-10/h2-9,14,17H,16H2,1H3. The molecule has 6 heteroatoms. The number of hydrogen-bond donors (Lipinski definition) is 2. The summed E-state index contributed by atoms with van der Waals surface area (Å²) < 4.78 is 23.2. The summed E-state index contributed by atoms with van der Waals surface area (Å²) in [6, 6.07) is 13.6. The van der Waals surface area contributed by atoms with Crippen molar-refractivity contribution in [3.05, 3.63) is 64.7 Å². The van der Waals surface area contributed by atoms with Crippen molar-refractivity contribution in [3.8, 4) is 0 Å². The first-order valence-corrected chi connectivity index (χ1v) is 8.20. The molecule has 0 aliphatic carbocycles. The van der Waals surface area contributed by atoms with Gasteiger partial charge in [-0.2, -0.15) is 0 Å². The van der Waals surface area contributed by atoms with Crippen molar-refractivity contribution in [1.82, 2.24) is 5.43 Å². The number of nitrogens with two attached hydrogens (primary N) is 1. The molecule has 20 heavy (non-hydrogen) atoms. The van der Waals surface area contributed by atoms with Crippen LogP contribution < -0.4 is 11.3 Å². The van der Waals surface area contributed by atoms with Gasteiger partial charge >= 0.3 is 0 Å². The van der Waals surface area contributed by atoms with E-state index < -0.39 is 9.84 Å². The number of nitrogens with one attached hydrogen (secondary N) is 1. The van der Waals surface area contributed by atoms with Gasteiger partial charge in [0, 0.05) is 11.3 Å². The zero-order chi connectivity index (χ0) is 14.8. The molecule has 3 N–H and O–H groups in total. The second-order valence-electron chi connectivity index (χ2n) is 4.50. The van der Waals surface area contributed by atoms with E-state index in [-0.39, 0.29) is 10.9 Å². The second-order valence-corrected chi connectivity index (χ2v) is 6.95. The molecular formula is C14H15ClN2O2S. The average Bonchev–Trinajstić information content (AvgIpc) is 2.41.